The topological polar surface area (TPSA) is 58.6 Å². The average Bonchev–Trinajstić information content (AvgIpc) is 2.68. The normalized spacial score (nSPS) is 11.8. The number of halogens is 2. The molecule has 0 aromatic heterocycles. The quantitative estimate of drug-likeness (QED) is 0.694. The molecule has 2 aromatic rings. The summed E-state index contributed by atoms with van der Waals surface area (Å²) in [4.78, 5) is 26.9. The van der Waals surface area contributed by atoms with Gasteiger partial charge in [-0.3, -0.25) is 9.59 Å². The molecule has 1 atom stereocenters. The van der Waals surface area contributed by atoms with E-state index < -0.39 is 24.4 Å². The van der Waals surface area contributed by atoms with Crippen LogP contribution >= 0.6 is 0 Å². The third kappa shape index (κ3) is 6.55. The fraction of sp³-hybridized carbons (Fsp3) is 0.364. The largest absolute Gasteiger partial charge is 0.481 e. The summed E-state index contributed by atoms with van der Waals surface area (Å²) in [5, 5.41) is 2.81. The lowest BCUT2D eigenvalue weighted by Crippen LogP contribution is -2.51. The smallest absolute Gasteiger partial charge is 0.261 e. The summed E-state index contributed by atoms with van der Waals surface area (Å²) in [6, 6.07) is 10.7. The Morgan fingerprint density at radius 3 is 2.31 bits per heavy atom. The van der Waals surface area contributed by atoms with E-state index in [0.717, 1.165) is 0 Å². The predicted molar refractivity (Wildman–Crippen MR) is 106 cm³/mol. The Hall–Kier alpha value is -2.96. The summed E-state index contributed by atoms with van der Waals surface area (Å²) >= 11 is 0. The van der Waals surface area contributed by atoms with Crippen molar-refractivity contribution in [2.75, 3.05) is 6.61 Å². The highest BCUT2D eigenvalue weighted by atomic mass is 19.1. The van der Waals surface area contributed by atoms with E-state index in [4.69, 9.17) is 4.74 Å². The first-order valence-electron chi connectivity index (χ1n) is 9.53. The number of amides is 2. The van der Waals surface area contributed by atoms with Crippen LogP contribution in [0.5, 0.6) is 5.75 Å². The van der Waals surface area contributed by atoms with Gasteiger partial charge in [-0.2, -0.15) is 0 Å². The highest BCUT2D eigenvalue weighted by Gasteiger charge is 2.29. The van der Waals surface area contributed by atoms with Crippen LogP contribution in [0, 0.1) is 11.6 Å². The lowest BCUT2D eigenvalue weighted by molar-refractivity contribution is -0.143. The minimum absolute atomic E-state index is 0.0396. The molecule has 0 heterocycles. The van der Waals surface area contributed by atoms with Crippen molar-refractivity contribution in [3.8, 4) is 5.75 Å². The van der Waals surface area contributed by atoms with E-state index in [-0.39, 0.29) is 30.1 Å². The third-order valence-corrected chi connectivity index (χ3v) is 4.27. The Morgan fingerprint density at radius 2 is 1.72 bits per heavy atom. The molecular weight excluding hydrogens is 378 g/mol. The zero-order chi connectivity index (χ0) is 21.4. The maximum atomic E-state index is 13.8. The van der Waals surface area contributed by atoms with Crippen LogP contribution in [0.1, 0.15) is 32.8 Å². The minimum atomic E-state index is -0.737. The monoisotopic (exact) mass is 404 g/mol. The maximum absolute atomic E-state index is 13.8. The summed E-state index contributed by atoms with van der Waals surface area (Å²) < 4.78 is 32.3. The number of hydrogen-bond acceptors (Lipinski definition) is 3. The van der Waals surface area contributed by atoms with Gasteiger partial charge in [-0.05, 0) is 50.1 Å². The molecule has 2 aromatic carbocycles. The lowest BCUT2D eigenvalue weighted by Gasteiger charge is -2.31. The molecular formula is C22H26F2N2O3. The second kappa shape index (κ2) is 10.5. The molecule has 0 spiro atoms. The fourth-order valence-electron chi connectivity index (χ4n) is 2.87. The second-order valence-corrected chi connectivity index (χ2v) is 6.95. The number of carbonyl (C=O) groups excluding carboxylic acids is 2. The molecule has 0 saturated carbocycles. The Kier molecular flexibility index (Phi) is 8.12. The molecule has 0 aliphatic rings. The van der Waals surface area contributed by atoms with E-state index >= 15 is 0 Å². The summed E-state index contributed by atoms with van der Waals surface area (Å²) in [6.07, 6.45) is 0.380. The van der Waals surface area contributed by atoms with Crippen molar-refractivity contribution < 1.29 is 23.1 Å². The van der Waals surface area contributed by atoms with Crippen molar-refractivity contribution in [2.45, 2.75) is 45.8 Å². The van der Waals surface area contributed by atoms with Gasteiger partial charge in [0, 0.05) is 12.6 Å². The number of benzene rings is 2. The molecule has 0 bridgehead atoms. The molecule has 7 heteroatoms. The van der Waals surface area contributed by atoms with Gasteiger partial charge in [0.1, 0.15) is 11.9 Å². The van der Waals surface area contributed by atoms with Crippen molar-refractivity contribution in [3.63, 3.8) is 0 Å². The van der Waals surface area contributed by atoms with Gasteiger partial charge in [-0.15, -0.1) is 0 Å². The Morgan fingerprint density at radius 1 is 1.07 bits per heavy atom. The van der Waals surface area contributed by atoms with Crippen molar-refractivity contribution in [1.29, 1.82) is 0 Å². The summed E-state index contributed by atoms with van der Waals surface area (Å²) in [7, 11) is 0. The molecule has 2 rings (SSSR count). The Bertz CT molecular complexity index is 825. The van der Waals surface area contributed by atoms with E-state index in [1.165, 1.54) is 35.2 Å². The number of carbonyl (C=O) groups is 2. The van der Waals surface area contributed by atoms with Gasteiger partial charge in [0.2, 0.25) is 5.91 Å². The van der Waals surface area contributed by atoms with E-state index in [2.05, 4.69) is 5.32 Å². The Labute approximate surface area is 169 Å². The number of para-hydroxylation sites is 1. The number of nitrogens with zero attached hydrogens (tertiary/aromatic N) is 1. The predicted octanol–water partition coefficient (Wildman–Crippen LogP) is 3.68. The highest BCUT2D eigenvalue weighted by Crippen LogP contribution is 2.17. The molecule has 0 fully saturated rings. The molecule has 29 heavy (non-hydrogen) atoms. The standard InChI is InChI=1S/C22H26F2N2O3/c1-4-19(22(28)25-15(2)3)26(13-16-9-11-17(23)12-10-16)21(27)14-29-20-8-6-5-7-18(20)24/h5-12,15,19H,4,13-14H2,1-3H3,(H,25,28)/t19-/m1/s1. The molecule has 0 saturated heterocycles. The number of ether oxygens (including phenoxy) is 1. The van der Waals surface area contributed by atoms with Gasteiger partial charge >= 0.3 is 0 Å². The molecule has 5 nitrogen and oxygen atoms in total. The molecule has 2 amide bonds. The first-order valence-corrected chi connectivity index (χ1v) is 9.53. The van der Waals surface area contributed by atoms with E-state index in [1.807, 2.05) is 13.8 Å². The SMILES string of the molecule is CC[C@H](C(=O)NC(C)C)N(Cc1ccc(F)cc1)C(=O)COc1ccccc1F. The van der Waals surface area contributed by atoms with Crippen molar-refractivity contribution in [3.05, 3.63) is 65.7 Å². The Balaban J connectivity index is 2.21. The summed E-state index contributed by atoms with van der Waals surface area (Å²) in [6.45, 7) is 5.14. The van der Waals surface area contributed by atoms with Gasteiger partial charge < -0.3 is 15.0 Å². The molecule has 0 aliphatic carbocycles. The van der Waals surface area contributed by atoms with Crippen LogP contribution in [0.3, 0.4) is 0 Å². The molecule has 156 valence electrons. The average molecular weight is 404 g/mol. The van der Waals surface area contributed by atoms with Gasteiger partial charge in [0.25, 0.3) is 5.91 Å². The zero-order valence-electron chi connectivity index (χ0n) is 16.8. The van der Waals surface area contributed by atoms with E-state index in [0.29, 0.717) is 12.0 Å². The van der Waals surface area contributed by atoms with Gasteiger partial charge in [-0.1, -0.05) is 31.2 Å². The van der Waals surface area contributed by atoms with Crippen molar-refractivity contribution in [2.24, 2.45) is 0 Å². The van der Waals surface area contributed by atoms with E-state index in [9.17, 15) is 18.4 Å². The number of nitrogens with one attached hydrogen (secondary N) is 1. The van der Waals surface area contributed by atoms with Crippen molar-refractivity contribution in [1.82, 2.24) is 10.2 Å². The highest BCUT2D eigenvalue weighted by molar-refractivity contribution is 5.88. The van der Waals surface area contributed by atoms with Crippen molar-refractivity contribution >= 4 is 11.8 Å². The first kappa shape index (κ1) is 22.3. The summed E-state index contributed by atoms with van der Waals surface area (Å²) in [5.41, 5.74) is 0.668. The molecule has 1 N–H and O–H groups in total. The first-order chi connectivity index (χ1) is 13.8. The maximum Gasteiger partial charge on any atom is 0.261 e. The van der Waals surface area contributed by atoms with Crippen LogP contribution in [-0.2, 0) is 16.1 Å². The van der Waals surface area contributed by atoms with Gasteiger partial charge in [0.15, 0.2) is 18.2 Å². The second-order valence-electron chi connectivity index (χ2n) is 6.95. The number of rotatable bonds is 9. The molecule has 0 radical (unpaired) electrons. The minimum Gasteiger partial charge on any atom is -0.481 e. The van der Waals surface area contributed by atoms with Crippen LogP contribution in [0.2, 0.25) is 0 Å². The van der Waals surface area contributed by atoms with Crippen LogP contribution < -0.4 is 10.1 Å². The zero-order valence-corrected chi connectivity index (χ0v) is 16.8. The molecule has 0 aliphatic heterocycles. The molecule has 0 unspecified atom stereocenters. The van der Waals surface area contributed by atoms with Crippen LogP contribution in [0.15, 0.2) is 48.5 Å². The van der Waals surface area contributed by atoms with E-state index in [1.54, 1.807) is 25.1 Å². The third-order valence-electron chi connectivity index (χ3n) is 4.27. The summed E-state index contributed by atoms with van der Waals surface area (Å²) in [5.74, 6) is -1.76. The van der Waals surface area contributed by atoms with Crippen LogP contribution in [0.25, 0.3) is 0 Å². The number of hydrogen-bond donors (Lipinski definition) is 1. The fourth-order valence-corrected chi connectivity index (χ4v) is 2.87. The van der Waals surface area contributed by atoms with Crippen LogP contribution in [0.4, 0.5) is 8.78 Å². The van der Waals surface area contributed by atoms with Crippen LogP contribution in [-0.4, -0.2) is 35.4 Å². The lowest BCUT2D eigenvalue weighted by atomic mass is 10.1. The van der Waals surface area contributed by atoms with Gasteiger partial charge in [0.05, 0.1) is 0 Å². The van der Waals surface area contributed by atoms with Gasteiger partial charge in [-0.25, -0.2) is 8.78 Å².